The molecule has 1 atom stereocenters. The Labute approximate surface area is 274 Å². The highest BCUT2D eigenvalue weighted by molar-refractivity contribution is 5.47. The third-order valence-corrected chi connectivity index (χ3v) is 6.20. The fourth-order valence-corrected chi connectivity index (χ4v) is 3.93. The van der Waals surface area contributed by atoms with E-state index in [0.717, 1.165) is 25.9 Å². The van der Waals surface area contributed by atoms with Crippen LogP contribution in [-0.4, -0.2) is 26.3 Å². The van der Waals surface area contributed by atoms with Gasteiger partial charge in [-0.05, 0) is 127 Å². The number of para-hydroxylation sites is 1. The summed E-state index contributed by atoms with van der Waals surface area (Å²) < 4.78 is 6.08. The molecule has 224 valence electrons. The lowest BCUT2D eigenvalue weighted by atomic mass is 10.0. The molecule has 0 saturated heterocycles. The number of unbranched alkanes of at least 4 members (excludes halogenated alkanes) is 7. The molecular formula is C43H41NO. The lowest BCUT2D eigenvalue weighted by Crippen LogP contribution is -2.27. The summed E-state index contributed by atoms with van der Waals surface area (Å²) in [5.74, 6) is 53.4. The lowest BCUT2D eigenvalue weighted by molar-refractivity contribution is 0.117. The summed E-state index contributed by atoms with van der Waals surface area (Å²) in [5.41, 5.74) is 1.22. The third-order valence-electron chi connectivity index (χ3n) is 6.20. The molecule has 0 saturated carbocycles. The molecule has 0 aliphatic carbocycles. The van der Waals surface area contributed by atoms with Gasteiger partial charge in [-0.15, -0.1) is 0 Å². The predicted octanol–water partition coefficient (Wildman–Crippen LogP) is 6.73. The molecule has 1 unspecified atom stereocenters. The molecule has 0 spiro atoms. The summed E-state index contributed by atoms with van der Waals surface area (Å²) in [6.45, 7) is 9.19. The maximum absolute atomic E-state index is 6.08. The highest BCUT2D eigenvalue weighted by atomic mass is 16.5. The normalized spacial score (nSPS) is 8.60. The number of ether oxygens (including phenoxy) is 1. The molecule has 0 bridgehead atoms. The molecule has 2 heteroatoms. The van der Waals surface area contributed by atoms with Gasteiger partial charge in [0.1, 0.15) is 0 Å². The van der Waals surface area contributed by atoms with Crippen LogP contribution in [0.5, 0.6) is 0 Å². The van der Waals surface area contributed by atoms with E-state index in [-0.39, 0.29) is 5.92 Å². The molecule has 1 aromatic rings. The number of benzene rings is 1. The number of anilines is 1. The number of nitrogens with zero attached hydrogens (tertiary/aromatic N) is 1. The van der Waals surface area contributed by atoms with Crippen molar-refractivity contribution in [2.75, 3.05) is 31.2 Å². The van der Waals surface area contributed by atoms with E-state index < -0.39 is 0 Å². The Bertz CT molecular complexity index is 1650. The van der Waals surface area contributed by atoms with Gasteiger partial charge in [0, 0.05) is 36.5 Å². The van der Waals surface area contributed by atoms with E-state index in [0.29, 0.717) is 13.2 Å². The lowest BCUT2D eigenvalue weighted by Gasteiger charge is -2.23. The van der Waals surface area contributed by atoms with Crippen molar-refractivity contribution in [3.63, 3.8) is 0 Å². The quantitative estimate of drug-likeness (QED) is 0.157. The van der Waals surface area contributed by atoms with Crippen molar-refractivity contribution in [3.05, 3.63) is 30.3 Å². The number of rotatable bonds is 16. The number of likely N-dealkylation sites (N-methyl/N-ethyl adjacent to an activating group) is 1. The van der Waals surface area contributed by atoms with Gasteiger partial charge in [-0.25, -0.2) is 0 Å². The zero-order chi connectivity index (χ0) is 32.3. The smallest absolute Gasteiger partial charge is 0.0642 e. The largest absolute Gasteiger partial charge is 0.378 e. The first-order valence-corrected chi connectivity index (χ1v) is 15.6. The second-order valence-electron chi connectivity index (χ2n) is 9.59. The van der Waals surface area contributed by atoms with E-state index in [2.05, 4.69) is 161 Å². The fraction of sp³-hybridized carbons (Fsp3) is 0.395. The third kappa shape index (κ3) is 23.8. The van der Waals surface area contributed by atoms with Crippen molar-refractivity contribution in [2.45, 2.75) is 78.6 Å². The van der Waals surface area contributed by atoms with Crippen LogP contribution in [0.15, 0.2) is 30.3 Å². The Hall–Kier alpha value is -5.42. The molecule has 1 aromatic carbocycles. The molecule has 45 heavy (non-hydrogen) atoms. The average Bonchev–Trinajstić information content (AvgIpc) is 3.07. The number of hydrogen-bond acceptors (Lipinski definition) is 2. The molecule has 0 aliphatic heterocycles. The van der Waals surface area contributed by atoms with E-state index in [9.17, 15) is 0 Å². The molecule has 0 amide bonds. The van der Waals surface area contributed by atoms with Gasteiger partial charge in [-0.3, -0.25) is 0 Å². The summed E-state index contributed by atoms with van der Waals surface area (Å²) in [7, 11) is 0. The Kier molecular flexibility index (Phi) is 25.1. The standard InChI is InChI=1S/C43H41NO/c1-4-7-9-11-13-15-16-17-18-19-20-21-22-23-24-25-27-29-32-36-42(35-31-28-26-14-12-10-8-5-2)41-45-40-39-44(6-3)43-37-33-30-34-38-43/h30,33-34,37-38,42H,5-6,8,10,12,14,26,28,31,35,39-41H2,1-3H3. The van der Waals surface area contributed by atoms with Crippen LogP contribution in [-0.2, 0) is 4.74 Å². The monoisotopic (exact) mass is 587 g/mol. The summed E-state index contributed by atoms with van der Waals surface area (Å²) >= 11 is 0. The molecule has 0 aliphatic rings. The van der Waals surface area contributed by atoms with Crippen molar-refractivity contribution in [1.82, 2.24) is 0 Å². The second-order valence-corrected chi connectivity index (χ2v) is 9.59. The minimum absolute atomic E-state index is 0.154. The van der Waals surface area contributed by atoms with Crippen molar-refractivity contribution < 1.29 is 4.74 Å². The van der Waals surface area contributed by atoms with Gasteiger partial charge in [0.15, 0.2) is 0 Å². The zero-order valence-corrected chi connectivity index (χ0v) is 27.0. The number of hydrogen-bond donors (Lipinski definition) is 0. The van der Waals surface area contributed by atoms with Gasteiger partial charge >= 0.3 is 0 Å². The van der Waals surface area contributed by atoms with Crippen LogP contribution in [0.1, 0.15) is 78.6 Å². The molecule has 1 rings (SSSR count). The Morgan fingerprint density at radius 1 is 0.578 bits per heavy atom. The zero-order valence-electron chi connectivity index (χ0n) is 27.0. The van der Waals surface area contributed by atoms with Crippen LogP contribution in [0.4, 0.5) is 5.69 Å². The van der Waals surface area contributed by atoms with Crippen molar-refractivity contribution in [2.24, 2.45) is 5.92 Å². The molecule has 2 nitrogen and oxygen atoms in total. The first-order valence-electron chi connectivity index (χ1n) is 15.6. The molecule has 0 radical (unpaired) electrons. The maximum atomic E-state index is 6.08. The van der Waals surface area contributed by atoms with Crippen LogP contribution in [0.25, 0.3) is 0 Å². The molecule has 0 aromatic heterocycles. The minimum atomic E-state index is 0.154. The summed E-state index contributed by atoms with van der Waals surface area (Å²) in [6, 6.07) is 10.4. The molecule has 0 N–H and O–H groups in total. The first-order chi connectivity index (χ1) is 22.3. The maximum Gasteiger partial charge on any atom is 0.0642 e. The topological polar surface area (TPSA) is 12.5 Å². The van der Waals surface area contributed by atoms with Gasteiger partial charge in [-0.1, -0.05) is 88.3 Å². The summed E-state index contributed by atoms with van der Waals surface area (Å²) in [4.78, 5) is 2.32. The Morgan fingerprint density at radius 3 is 1.53 bits per heavy atom. The van der Waals surface area contributed by atoms with E-state index in [1.807, 2.05) is 6.07 Å². The van der Waals surface area contributed by atoms with Gasteiger partial charge in [0.25, 0.3) is 0 Å². The highest BCUT2D eigenvalue weighted by Crippen LogP contribution is 2.15. The average molecular weight is 588 g/mol. The van der Waals surface area contributed by atoms with Gasteiger partial charge in [-0.2, -0.15) is 0 Å². The van der Waals surface area contributed by atoms with Crippen molar-refractivity contribution in [1.29, 1.82) is 0 Å². The van der Waals surface area contributed by atoms with Crippen LogP contribution >= 0.6 is 0 Å². The molecule has 0 heterocycles. The molecular weight excluding hydrogens is 546 g/mol. The summed E-state index contributed by atoms with van der Waals surface area (Å²) in [6.07, 6.45) is 11.3. The van der Waals surface area contributed by atoms with E-state index in [4.69, 9.17) is 4.74 Å². The fourth-order valence-electron chi connectivity index (χ4n) is 3.93. The second kappa shape index (κ2) is 30.1. The van der Waals surface area contributed by atoms with Gasteiger partial charge in [0.2, 0.25) is 0 Å². The van der Waals surface area contributed by atoms with E-state index in [1.54, 1.807) is 6.92 Å². The highest BCUT2D eigenvalue weighted by Gasteiger charge is 2.08. The van der Waals surface area contributed by atoms with Crippen LogP contribution < -0.4 is 4.90 Å². The molecule has 0 fully saturated rings. The van der Waals surface area contributed by atoms with Crippen molar-refractivity contribution >= 4 is 5.69 Å². The first kappa shape index (κ1) is 37.6. The SMILES string of the molecule is CC#CC#CC#CC#CC#CC#CC#CC#CC#CC#CC(CCCCCCCCCC)COCCN(CC)c1ccccc1. The van der Waals surface area contributed by atoms with E-state index >= 15 is 0 Å². The van der Waals surface area contributed by atoms with Gasteiger partial charge in [0.05, 0.1) is 13.2 Å². The van der Waals surface area contributed by atoms with Crippen LogP contribution in [0, 0.1) is 124 Å². The Morgan fingerprint density at radius 2 is 1.04 bits per heavy atom. The van der Waals surface area contributed by atoms with Crippen LogP contribution in [0.2, 0.25) is 0 Å². The van der Waals surface area contributed by atoms with Crippen molar-refractivity contribution in [3.8, 4) is 118 Å². The Balaban J connectivity index is 2.59. The van der Waals surface area contributed by atoms with Gasteiger partial charge < -0.3 is 9.64 Å². The van der Waals surface area contributed by atoms with E-state index in [1.165, 1.54) is 50.6 Å². The predicted molar refractivity (Wildman–Crippen MR) is 189 cm³/mol. The minimum Gasteiger partial charge on any atom is -0.378 e. The summed E-state index contributed by atoms with van der Waals surface area (Å²) in [5, 5.41) is 0. The van der Waals surface area contributed by atoms with Crippen LogP contribution in [0.3, 0.4) is 0 Å².